The van der Waals surface area contributed by atoms with Crippen LogP contribution < -0.4 is 9.47 Å². The van der Waals surface area contributed by atoms with Crippen molar-refractivity contribution >= 4 is 40.5 Å². The van der Waals surface area contributed by atoms with Gasteiger partial charge in [-0.2, -0.15) is 0 Å². The summed E-state index contributed by atoms with van der Waals surface area (Å²) in [7, 11) is 0. The van der Waals surface area contributed by atoms with E-state index in [1.54, 1.807) is 36.4 Å². The molecule has 1 aliphatic rings. The molecule has 0 heterocycles. The lowest BCUT2D eigenvalue weighted by Gasteiger charge is -2.33. The zero-order chi connectivity index (χ0) is 30.8. The minimum Gasteiger partial charge on any atom is -0.493 e. The number of hydrogen-bond donors (Lipinski definition) is 0. The van der Waals surface area contributed by atoms with Crippen molar-refractivity contribution in [1.29, 1.82) is 0 Å². The van der Waals surface area contributed by atoms with Crippen molar-refractivity contribution in [3.05, 3.63) is 70.7 Å². The van der Waals surface area contributed by atoms with E-state index < -0.39 is 18.1 Å². The fraction of sp³-hybridized carbons (Fsp3) is 0.382. The number of carbonyl (C=O) groups is 3. The molecule has 0 radical (unpaired) electrons. The molecule has 0 saturated heterocycles. The summed E-state index contributed by atoms with van der Waals surface area (Å²) < 4.78 is 26.7. The molecule has 1 aliphatic carbocycles. The van der Waals surface area contributed by atoms with E-state index in [1.807, 2.05) is 31.0 Å². The molecule has 0 amide bonds. The van der Waals surface area contributed by atoms with E-state index in [0.29, 0.717) is 54.1 Å². The summed E-state index contributed by atoms with van der Waals surface area (Å²) in [5.41, 5.74) is 1.38. The molecule has 3 aromatic carbocycles. The Morgan fingerprint density at radius 3 is 2.44 bits per heavy atom. The first-order valence-electron chi connectivity index (χ1n) is 14.4. The average Bonchev–Trinajstić information content (AvgIpc) is 2.99. The van der Waals surface area contributed by atoms with Crippen LogP contribution in [0.25, 0.3) is 10.8 Å². The van der Waals surface area contributed by atoms with Crippen LogP contribution in [-0.4, -0.2) is 44.0 Å². The summed E-state index contributed by atoms with van der Waals surface area (Å²) in [5.74, 6) is 2.13. The third kappa shape index (κ3) is 8.89. The van der Waals surface area contributed by atoms with Crippen LogP contribution in [0.4, 0.5) is 4.79 Å². The van der Waals surface area contributed by atoms with Gasteiger partial charge in [-0.05, 0) is 90.9 Å². The fourth-order valence-corrected chi connectivity index (χ4v) is 5.61. The number of carbonyl (C=O) groups excluding carboxylic acids is 3. The van der Waals surface area contributed by atoms with Gasteiger partial charge in [-0.3, -0.25) is 0 Å². The molecule has 1 saturated carbocycles. The lowest BCUT2D eigenvalue weighted by Crippen LogP contribution is -2.29. The van der Waals surface area contributed by atoms with E-state index in [0.717, 1.165) is 35.6 Å². The smallest absolute Gasteiger partial charge is 0.493 e. The number of esters is 2. The van der Waals surface area contributed by atoms with Crippen LogP contribution in [0.15, 0.2) is 54.6 Å². The van der Waals surface area contributed by atoms with Gasteiger partial charge in [0.1, 0.15) is 17.6 Å². The van der Waals surface area contributed by atoms with Crippen molar-refractivity contribution in [1.82, 2.24) is 0 Å². The number of ether oxygens (including phenoxy) is 5. The summed E-state index contributed by atoms with van der Waals surface area (Å²) in [5, 5.41) is 2.34. The van der Waals surface area contributed by atoms with Crippen molar-refractivity contribution in [2.24, 2.45) is 5.92 Å². The number of hydrogen-bond acceptors (Lipinski definition) is 8. The molecule has 3 atom stereocenters. The van der Waals surface area contributed by atoms with E-state index in [2.05, 4.69) is 6.92 Å². The maximum Gasteiger partial charge on any atom is 0.508 e. The van der Waals surface area contributed by atoms with Crippen LogP contribution in [0.3, 0.4) is 0 Å². The van der Waals surface area contributed by atoms with Crippen LogP contribution in [0.1, 0.15) is 67.8 Å². The zero-order valence-electron chi connectivity index (χ0n) is 24.3. The predicted octanol–water partition coefficient (Wildman–Crippen LogP) is 7.49. The van der Waals surface area contributed by atoms with E-state index in [9.17, 15) is 14.4 Å². The molecule has 0 bridgehead atoms. The van der Waals surface area contributed by atoms with Crippen LogP contribution in [-0.2, 0) is 19.0 Å². The van der Waals surface area contributed by atoms with Gasteiger partial charge in [-0.15, -0.1) is 6.42 Å². The molecule has 8 nitrogen and oxygen atoms in total. The molecule has 226 valence electrons. The second-order valence-corrected chi connectivity index (χ2v) is 11.0. The average molecular weight is 607 g/mol. The van der Waals surface area contributed by atoms with Gasteiger partial charge in [0.2, 0.25) is 0 Å². The maximum atomic E-state index is 12.8. The molecule has 9 heteroatoms. The van der Waals surface area contributed by atoms with Crippen LogP contribution in [0, 0.1) is 18.3 Å². The molecule has 3 unspecified atom stereocenters. The highest BCUT2D eigenvalue weighted by Gasteiger charge is 2.31. The molecule has 0 spiro atoms. The van der Waals surface area contributed by atoms with Gasteiger partial charge >= 0.3 is 18.1 Å². The van der Waals surface area contributed by atoms with Gasteiger partial charge in [-0.25, -0.2) is 14.4 Å². The zero-order valence-corrected chi connectivity index (χ0v) is 25.1. The molecule has 3 aromatic rings. The minimum atomic E-state index is -0.704. The van der Waals surface area contributed by atoms with E-state index in [4.69, 9.17) is 41.7 Å². The standard InChI is InChI=1S/C34H35ClO8/c1-4-15-41-34(38)43-28-19-22(3)18-25(21-28)30-13-9-24-20-27(12-14-29(24)32(30)35)42-33(37)23-7-10-26(11-8-23)39-16-6-17-40-31(36)5-2/h2,7-14,20,22,25,28H,4,6,15-19,21H2,1,3H3. The third-order valence-electron chi connectivity index (χ3n) is 7.19. The Morgan fingerprint density at radius 1 is 0.930 bits per heavy atom. The predicted molar refractivity (Wildman–Crippen MR) is 163 cm³/mol. The second kappa shape index (κ2) is 15.3. The van der Waals surface area contributed by atoms with Gasteiger partial charge < -0.3 is 23.7 Å². The first-order valence-corrected chi connectivity index (χ1v) is 14.8. The normalized spacial score (nSPS) is 17.9. The molecular formula is C34H35ClO8. The fourth-order valence-electron chi connectivity index (χ4n) is 5.22. The van der Waals surface area contributed by atoms with Gasteiger partial charge in [0.25, 0.3) is 0 Å². The molecule has 0 aromatic heterocycles. The first-order chi connectivity index (χ1) is 20.8. The van der Waals surface area contributed by atoms with Crippen molar-refractivity contribution in [3.63, 3.8) is 0 Å². The lowest BCUT2D eigenvalue weighted by molar-refractivity contribution is -0.136. The molecule has 1 fully saturated rings. The molecule has 0 aliphatic heterocycles. The van der Waals surface area contributed by atoms with Gasteiger partial charge in [-0.1, -0.05) is 37.6 Å². The second-order valence-electron chi connectivity index (χ2n) is 10.6. The van der Waals surface area contributed by atoms with Crippen LogP contribution in [0.2, 0.25) is 5.02 Å². The Kier molecular flexibility index (Phi) is 11.3. The van der Waals surface area contributed by atoms with Gasteiger partial charge in [0.05, 0.1) is 30.4 Å². The Labute approximate surface area is 256 Å². The van der Waals surface area contributed by atoms with E-state index in [-0.39, 0.29) is 18.6 Å². The Bertz CT molecular complexity index is 1480. The Morgan fingerprint density at radius 2 is 1.70 bits per heavy atom. The number of rotatable bonds is 11. The number of benzene rings is 3. The number of terminal acetylenes is 1. The molecule has 43 heavy (non-hydrogen) atoms. The van der Waals surface area contributed by atoms with Crippen molar-refractivity contribution < 1.29 is 38.1 Å². The van der Waals surface area contributed by atoms with Crippen molar-refractivity contribution in [2.45, 2.75) is 58.0 Å². The minimum absolute atomic E-state index is 0.139. The monoisotopic (exact) mass is 606 g/mol. The number of halogens is 1. The summed E-state index contributed by atoms with van der Waals surface area (Å²) in [6, 6.07) is 15.9. The van der Waals surface area contributed by atoms with E-state index >= 15 is 0 Å². The molecular weight excluding hydrogens is 572 g/mol. The van der Waals surface area contributed by atoms with Crippen molar-refractivity contribution in [3.8, 4) is 23.8 Å². The highest BCUT2D eigenvalue weighted by atomic mass is 35.5. The number of fused-ring (bicyclic) bond motifs is 1. The van der Waals surface area contributed by atoms with Gasteiger partial charge in [0.15, 0.2) is 0 Å². The van der Waals surface area contributed by atoms with Crippen molar-refractivity contribution in [2.75, 3.05) is 19.8 Å². The van der Waals surface area contributed by atoms with E-state index in [1.165, 1.54) is 0 Å². The quantitative estimate of drug-likeness (QED) is 0.0728. The van der Waals surface area contributed by atoms with Crippen LogP contribution in [0.5, 0.6) is 11.5 Å². The van der Waals surface area contributed by atoms with Gasteiger partial charge in [0, 0.05) is 17.7 Å². The first kappa shape index (κ1) is 31.7. The summed E-state index contributed by atoms with van der Waals surface area (Å²) in [6.45, 7) is 4.92. The summed E-state index contributed by atoms with van der Waals surface area (Å²) >= 11 is 6.91. The largest absolute Gasteiger partial charge is 0.508 e. The highest BCUT2D eigenvalue weighted by Crippen LogP contribution is 2.42. The topological polar surface area (TPSA) is 97.4 Å². The Balaban J connectivity index is 1.36. The third-order valence-corrected chi connectivity index (χ3v) is 7.61. The SMILES string of the molecule is C#CC(=O)OCCCOc1ccc(C(=O)Oc2ccc3c(Cl)c(C4CC(C)CC(OC(=O)OCCC)C4)ccc3c2)cc1. The lowest BCUT2D eigenvalue weighted by atomic mass is 9.77. The Hall–Kier alpha value is -4.22. The molecule has 4 rings (SSSR count). The maximum absolute atomic E-state index is 12.8. The summed E-state index contributed by atoms with van der Waals surface area (Å²) in [6.07, 6.45) is 7.74. The van der Waals surface area contributed by atoms with Crippen LogP contribution >= 0.6 is 11.6 Å². The molecule has 0 N–H and O–H groups in total. The highest BCUT2D eigenvalue weighted by molar-refractivity contribution is 6.36. The summed E-state index contributed by atoms with van der Waals surface area (Å²) in [4.78, 5) is 35.7.